The van der Waals surface area contributed by atoms with E-state index in [1.54, 1.807) is 0 Å². The van der Waals surface area contributed by atoms with E-state index >= 15 is 0 Å². The number of aromatic nitrogens is 2. The Balaban J connectivity index is 1.37. The predicted octanol–water partition coefficient (Wildman–Crippen LogP) is 9.53. The zero-order valence-corrected chi connectivity index (χ0v) is 20.9. The van der Waals surface area contributed by atoms with E-state index in [-0.39, 0.29) is 0 Å². The highest BCUT2D eigenvalue weighted by Gasteiger charge is 2.29. The molecule has 4 nitrogen and oxygen atoms in total. The summed E-state index contributed by atoms with van der Waals surface area (Å²) in [7, 11) is 0. The van der Waals surface area contributed by atoms with E-state index in [9.17, 15) is 0 Å². The lowest BCUT2D eigenvalue weighted by atomic mass is 10.0. The third kappa shape index (κ3) is 2.80. The van der Waals surface area contributed by atoms with E-state index < -0.39 is 0 Å². The van der Waals surface area contributed by atoms with Crippen molar-refractivity contribution in [1.82, 2.24) is 9.55 Å². The second-order valence-electron chi connectivity index (χ2n) is 10.1. The number of furan rings is 1. The van der Waals surface area contributed by atoms with Crippen molar-refractivity contribution in [3.05, 3.63) is 128 Å². The number of fused-ring (bicyclic) bond motifs is 8. The van der Waals surface area contributed by atoms with Crippen molar-refractivity contribution in [2.75, 3.05) is 4.90 Å². The summed E-state index contributed by atoms with van der Waals surface area (Å²) in [6.07, 6.45) is 3.73. The lowest BCUT2D eigenvalue weighted by molar-refractivity contribution is 0.669. The van der Waals surface area contributed by atoms with Crippen LogP contribution >= 0.6 is 0 Å². The van der Waals surface area contributed by atoms with Crippen LogP contribution < -0.4 is 4.90 Å². The van der Waals surface area contributed by atoms with Gasteiger partial charge in [-0.25, -0.2) is 0 Å². The van der Waals surface area contributed by atoms with Crippen molar-refractivity contribution in [2.24, 2.45) is 0 Å². The molecule has 0 atom stereocenters. The summed E-state index contributed by atoms with van der Waals surface area (Å²) in [5.74, 6) is 0. The molecular weight excluding hydrogens is 478 g/mol. The van der Waals surface area contributed by atoms with Crippen molar-refractivity contribution in [3.63, 3.8) is 0 Å². The molecule has 0 spiro atoms. The van der Waals surface area contributed by atoms with Gasteiger partial charge in [0.15, 0.2) is 0 Å². The fraction of sp³-hybridized carbons (Fsp3) is 0. The molecule has 0 aliphatic carbocycles. The number of pyridine rings is 1. The zero-order valence-electron chi connectivity index (χ0n) is 20.9. The number of hydrogen-bond acceptors (Lipinski definition) is 3. The van der Waals surface area contributed by atoms with E-state index in [1.165, 1.54) is 21.8 Å². The van der Waals surface area contributed by atoms with Crippen molar-refractivity contribution >= 4 is 60.8 Å². The molecule has 39 heavy (non-hydrogen) atoms. The van der Waals surface area contributed by atoms with Crippen LogP contribution in [0.1, 0.15) is 0 Å². The van der Waals surface area contributed by atoms with Gasteiger partial charge < -0.3 is 13.9 Å². The minimum atomic E-state index is 0.918. The highest BCUT2D eigenvalue weighted by molar-refractivity contribution is 6.21. The van der Waals surface area contributed by atoms with E-state index in [4.69, 9.17) is 4.42 Å². The summed E-state index contributed by atoms with van der Waals surface area (Å²) in [5, 5.41) is 4.69. The molecule has 0 saturated carbocycles. The summed E-state index contributed by atoms with van der Waals surface area (Å²) < 4.78 is 8.72. The van der Waals surface area contributed by atoms with Crippen molar-refractivity contribution in [1.29, 1.82) is 0 Å². The molecule has 182 valence electrons. The van der Waals surface area contributed by atoms with E-state index in [2.05, 4.69) is 112 Å². The number of benzene rings is 5. The first-order chi connectivity index (χ1) is 19.3. The number of para-hydroxylation sites is 4. The Labute approximate surface area is 224 Å². The van der Waals surface area contributed by atoms with Crippen LogP contribution in [0.3, 0.4) is 0 Å². The normalized spacial score (nSPS) is 12.6. The molecule has 3 aromatic heterocycles. The number of nitrogens with zero attached hydrogens (tertiary/aromatic N) is 3. The SMILES string of the molecule is c1cncc(-c2cccc(N3c4ccccc4-n4c5cc6c(cc5c5cccc3c54)oc3ccccc36)c2)c1. The van der Waals surface area contributed by atoms with E-state index in [1.807, 2.05) is 30.6 Å². The summed E-state index contributed by atoms with van der Waals surface area (Å²) in [6.45, 7) is 0. The summed E-state index contributed by atoms with van der Waals surface area (Å²) >= 11 is 0. The average molecular weight is 500 g/mol. The Morgan fingerprint density at radius 1 is 0.538 bits per heavy atom. The smallest absolute Gasteiger partial charge is 0.136 e. The highest BCUT2D eigenvalue weighted by atomic mass is 16.3. The van der Waals surface area contributed by atoms with E-state index in [0.717, 1.165) is 55.8 Å². The van der Waals surface area contributed by atoms with Gasteiger partial charge in [0.2, 0.25) is 0 Å². The molecule has 0 fully saturated rings. The first-order valence-corrected chi connectivity index (χ1v) is 13.1. The Bertz CT molecular complexity index is 2240. The van der Waals surface area contributed by atoms with Crippen molar-refractivity contribution < 1.29 is 4.42 Å². The van der Waals surface area contributed by atoms with Gasteiger partial charge in [0.1, 0.15) is 11.2 Å². The second-order valence-corrected chi connectivity index (χ2v) is 10.1. The first kappa shape index (κ1) is 20.7. The maximum atomic E-state index is 6.29. The molecule has 1 aliphatic rings. The third-order valence-electron chi connectivity index (χ3n) is 7.97. The lowest BCUT2D eigenvalue weighted by Crippen LogP contribution is -2.18. The maximum Gasteiger partial charge on any atom is 0.136 e. The minimum Gasteiger partial charge on any atom is -0.456 e. The van der Waals surface area contributed by atoms with Crippen molar-refractivity contribution in [2.45, 2.75) is 0 Å². The lowest BCUT2D eigenvalue weighted by Gasteiger charge is -2.33. The van der Waals surface area contributed by atoms with Crippen LogP contribution in [-0.4, -0.2) is 9.55 Å². The fourth-order valence-electron chi connectivity index (χ4n) is 6.30. The maximum absolute atomic E-state index is 6.29. The van der Waals surface area contributed by atoms with Gasteiger partial charge in [0, 0.05) is 45.2 Å². The van der Waals surface area contributed by atoms with Gasteiger partial charge in [0.25, 0.3) is 0 Å². The Kier molecular flexibility index (Phi) is 4.02. The molecule has 4 heteroatoms. The minimum absolute atomic E-state index is 0.918. The molecule has 5 aromatic carbocycles. The summed E-state index contributed by atoms with van der Waals surface area (Å²) in [6, 6.07) is 40.9. The van der Waals surface area contributed by atoms with Crippen LogP contribution in [0.25, 0.3) is 60.6 Å². The standard InChI is InChI=1S/C35H21N3O/c1-4-16-33-25(11-1)28-19-32-27(20-34(28)39-33)26-12-6-15-31-35(26)38(32)30-14-3-2-13-29(30)37(31)24-10-5-8-22(18-24)23-9-7-17-36-21-23/h1-21H. The third-order valence-corrected chi connectivity index (χ3v) is 7.97. The number of rotatable bonds is 2. The van der Waals surface area contributed by atoms with Gasteiger partial charge in [0.05, 0.1) is 28.1 Å². The van der Waals surface area contributed by atoms with Crippen molar-refractivity contribution in [3.8, 4) is 16.8 Å². The van der Waals surface area contributed by atoms with Crippen LogP contribution in [0, 0.1) is 0 Å². The monoisotopic (exact) mass is 499 g/mol. The molecule has 8 aromatic rings. The van der Waals surface area contributed by atoms with Gasteiger partial charge in [-0.05, 0) is 60.2 Å². The molecule has 0 bridgehead atoms. The Morgan fingerprint density at radius 2 is 1.33 bits per heavy atom. The number of hydrogen-bond donors (Lipinski definition) is 0. The Hall–Kier alpha value is -5.35. The fourth-order valence-corrected chi connectivity index (χ4v) is 6.30. The molecule has 0 radical (unpaired) electrons. The molecule has 1 aliphatic heterocycles. The summed E-state index contributed by atoms with van der Waals surface area (Å²) in [4.78, 5) is 6.72. The van der Waals surface area contributed by atoms with Crippen LogP contribution in [0.2, 0.25) is 0 Å². The van der Waals surface area contributed by atoms with Gasteiger partial charge in [-0.15, -0.1) is 0 Å². The molecule has 4 heterocycles. The number of anilines is 3. The van der Waals surface area contributed by atoms with Crippen LogP contribution in [0.4, 0.5) is 17.1 Å². The van der Waals surface area contributed by atoms with Gasteiger partial charge in [-0.3, -0.25) is 4.98 Å². The molecule has 0 N–H and O–H groups in total. The topological polar surface area (TPSA) is 34.2 Å². The second kappa shape index (κ2) is 7.59. The molecule has 9 rings (SSSR count). The molecule has 0 amide bonds. The summed E-state index contributed by atoms with van der Waals surface area (Å²) in [5.41, 5.74) is 11.1. The average Bonchev–Trinajstić information content (AvgIpc) is 3.53. The van der Waals surface area contributed by atoms with Crippen LogP contribution in [0.5, 0.6) is 0 Å². The largest absolute Gasteiger partial charge is 0.456 e. The van der Waals surface area contributed by atoms with Gasteiger partial charge in [-0.2, -0.15) is 0 Å². The first-order valence-electron chi connectivity index (χ1n) is 13.1. The molecule has 0 unspecified atom stereocenters. The Morgan fingerprint density at radius 3 is 2.26 bits per heavy atom. The van der Waals surface area contributed by atoms with Crippen LogP contribution in [0.15, 0.2) is 132 Å². The highest BCUT2D eigenvalue weighted by Crippen LogP contribution is 2.50. The van der Waals surface area contributed by atoms with E-state index in [0.29, 0.717) is 0 Å². The molecule has 0 saturated heterocycles. The zero-order chi connectivity index (χ0) is 25.5. The van der Waals surface area contributed by atoms with Crippen LogP contribution in [-0.2, 0) is 0 Å². The quantitative estimate of drug-likeness (QED) is 0.237. The predicted molar refractivity (Wildman–Crippen MR) is 160 cm³/mol. The van der Waals surface area contributed by atoms with Gasteiger partial charge in [-0.1, -0.05) is 60.7 Å². The van der Waals surface area contributed by atoms with Gasteiger partial charge >= 0.3 is 0 Å². The molecular formula is C35H21N3O.